The Morgan fingerprint density at radius 3 is 2.21 bits per heavy atom. The lowest BCUT2D eigenvalue weighted by Gasteiger charge is -2.17. The van der Waals surface area contributed by atoms with Gasteiger partial charge in [-0.1, -0.05) is 42.0 Å². The van der Waals surface area contributed by atoms with E-state index in [-0.39, 0.29) is 18.1 Å². The van der Waals surface area contributed by atoms with Crippen LogP contribution in [0.4, 0.5) is 4.39 Å². The zero-order valence-corrected chi connectivity index (χ0v) is 13.7. The maximum Gasteiger partial charge on any atom is 0.328 e. The number of nitrogens with one attached hydrogen (secondary N) is 1. The average molecular weight is 329 g/mol. The van der Waals surface area contributed by atoms with Crippen molar-refractivity contribution in [3.05, 3.63) is 71.0 Å². The first-order chi connectivity index (χ1) is 11.5. The number of hydrogen-bond donors (Lipinski definition) is 1. The van der Waals surface area contributed by atoms with Crippen LogP contribution in [-0.4, -0.2) is 25.0 Å². The first-order valence-corrected chi connectivity index (χ1v) is 7.65. The van der Waals surface area contributed by atoms with Crippen LogP contribution in [-0.2, 0) is 27.2 Å². The van der Waals surface area contributed by atoms with Crippen LogP contribution in [0.25, 0.3) is 0 Å². The van der Waals surface area contributed by atoms with Crippen LogP contribution in [0.15, 0.2) is 48.5 Å². The van der Waals surface area contributed by atoms with E-state index in [1.54, 1.807) is 12.1 Å². The van der Waals surface area contributed by atoms with Gasteiger partial charge in [-0.25, -0.2) is 9.18 Å². The van der Waals surface area contributed by atoms with E-state index in [0.717, 1.165) is 11.1 Å². The predicted molar refractivity (Wildman–Crippen MR) is 88.9 cm³/mol. The summed E-state index contributed by atoms with van der Waals surface area (Å²) in [5.41, 5.74) is 2.72. The molecular formula is C19H20FNO3. The molecule has 0 aromatic heterocycles. The minimum absolute atomic E-state index is 0.0711. The highest BCUT2D eigenvalue weighted by molar-refractivity contribution is 5.85. The number of hydrogen-bond acceptors (Lipinski definition) is 3. The molecule has 0 heterocycles. The number of esters is 1. The van der Waals surface area contributed by atoms with Gasteiger partial charge in [0.05, 0.1) is 13.5 Å². The summed E-state index contributed by atoms with van der Waals surface area (Å²) in [6, 6.07) is 12.7. The molecule has 2 aromatic rings. The molecular weight excluding hydrogens is 309 g/mol. The Hall–Kier alpha value is -2.69. The third-order valence-electron chi connectivity index (χ3n) is 3.66. The highest BCUT2D eigenvalue weighted by Crippen LogP contribution is 2.08. The van der Waals surface area contributed by atoms with Crippen LogP contribution in [0.2, 0.25) is 0 Å². The number of amides is 1. The van der Waals surface area contributed by atoms with Gasteiger partial charge >= 0.3 is 5.97 Å². The molecule has 5 heteroatoms. The fraction of sp³-hybridized carbons (Fsp3) is 0.263. The fourth-order valence-corrected chi connectivity index (χ4v) is 2.33. The zero-order valence-electron chi connectivity index (χ0n) is 13.7. The van der Waals surface area contributed by atoms with Crippen molar-refractivity contribution < 1.29 is 18.7 Å². The molecule has 0 fully saturated rings. The first-order valence-electron chi connectivity index (χ1n) is 7.65. The Morgan fingerprint density at radius 1 is 1.04 bits per heavy atom. The molecule has 126 valence electrons. The number of carbonyl (C=O) groups excluding carboxylic acids is 2. The highest BCUT2D eigenvalue weighted by Gasteiger charge is 2.22. The average Bonchev–Trinajstić information content (AvgIpc) is 2.57. The summed E-state index contributed by atoms with van der Waals surface area (Å²) in [6.07, 6.45) is 0.420. The van der Waals surface area contributed by atoms with Gasteiger partial charge in [-0.15, -0.1) is 0 Å². The van der Waals surface area contributed by atoms with Gasteiger partial charge in [0.1, 0.15) is 11.9 Å². The first kappa shape index (κ1) is 17.7. The Kier molecular flexibility index (Phi) is 6.07. The standard InChI is InChI=1S/C19H20FNO3/c1-13-3-5-14(6-4-13)11-17(19(23)24-2)21-18(22)12-15-7-9-16(20)10-8-15/h3-10,17H,11-12H2,1-2H3,(H,21,22)/t17-/m0/s1. The van der Waals surface area contributed by atoms with E-state index in [1.807, 2.05) is 31.2 Å². The summed E-state index contributed by atoms with van der Waals surface area (Å²) in [5, 5.41) is 2.69. The van der Waals surface area contributed by atoms with Gasteiger partial charge in [0.2, 0.25) is 5.91 Å². The Morgan fingerprint density at radius 2 is 1.62 bits per heavy atom. The lowest BCUT2D eigenvalue weighted by molar-refractivity contribution is -0.145. The molecule has 0 aliphatic rings. The van der Waals surface area contributed by atoms with E-state index in [9.17, 15) is 14.0 Å². The van der Waals surface area contributed by atoms with Crippen molar-refractivity contribution in [2.45, 2.75) is 25.8 Å². The van der Waals surface area contributed by atoms with Crippen LogP contribution in [0.1, 0.15) is 16.7 Å². The molecule has 1 N–H and O–H groups in total. The van der Waals surface area contributed by atoms with E-state index < -0.39 is 12.0 Å². The van der Waals surface area contributed by atoms with Crippen LogP contribution < -0.4 is 5.32 Å². The normalized spacial score (nSPS) is 11.6. The van der Waals surface area contributed by atoms with Crippen molar-refractivity contribution in [1.29, 1.82) is 0 Å². The molecule has 4 nitrogen and oxygen atoms in total. The van der Waals surface area contributed by atoms with Crippen molar-refractivity contribution in [2.75, 3.05) is 7.11 Å². The van der Waals surface area contributed by atoms with Crippen molar-refractivity contribution >= 4 is 11.9 Å². The molecule has 2 aromatic carbocycles. The largest absolute Gasteiger partial charge is 0.467 e. The Balaban J connectivity index is 2.02. The van der Waals surface area contributed by atoms with Crippen LogP contribution in [0.3, 0.4) is 0 Å². The smallest absolute Gasteiger partial charge is 0.328 e. The van der Waals surface area contributed by atoms with Gasteiger partial charge in [-0.3, -0.25) is 4.79 Å². The summed E-state index contributed by atoms with van der Waals surface area (Å²) in [7, 11) is 1.29. The van der Waals surface area contributed by atoms with Gasteiger partial charge in [0, 0.05) is 6.42 Å². The number of carbonyl (C=O) groups is 2. The molecule has 0 unspecified atom stereocenters. The summed E-state index contributed by atoms with van der Waals surface area (Å²) < 4.78 is 17.7. The Labute approximate surface area is 140 Å². The third-order valence-corrected chi connectivity index (χ3v) is 3.66. The number of aryl methyl sites for hydroxylation is 1. The molecule has 1 atom stereocenters. The molecule has 0 saturated carbocycles. The second kappa shape index (κ2) is 8.24. The predicted octanol–water partition coefficient (Wildman–Crippen LogP) is 2.58. The van der Waals surface area contributed by atoms with Crippen molar-refractivity contribution in [2.24, 2.45) is 0 Å². The molecule has 0 saturated heterocycles. The minimum Gasteiger partial charge on any atom is -0.467 e. The quantitative estimate of drug-likeness (QED) is 0.829. The minimum atomic E-state index is -0.759. The molecule has 1 amide bonds. The molecule has 0 spiro atoms. The fourth-order valence-electron chi connectivity index (χ4n) is 2.33. The SMILES string of the molecule is COC(=O)[C@H](Cc1ccc(C)cc1)NC(=O)Cc1ccc(F)cc1. The number of methoxy groups -OCH3 is 1. The van der Waals surface area contributed by atoms with Crippen LogP contribution >= 0.6 is 0 Å². The van der Waals surface area contributed by atoms with Gasteiger partial charge in [0.15, 0.2) is 0 Å². The number of benzene rings is 2. The maximum absolute atomic E-state index is 12.9. The molecule has 0 radical (unpaired) electrons. The lowest BCUT2D eigenvalue weighted by atomic mass is 10.0. The topological polar surface area (TPSA) is 55.4 Å². The van der Waals surface area contributed by atoms with Crippen LogP contribution in [0, 0.1) is 12.7 Å². The van der Waals surface area contributed by atoms with Gasteiger partial charge in [0.25, 0.3) is 0 Å². The summed E-state index contributed by atoms with van der Waals surface area (Å²) in [6.45, 7) is 1.98. The van der Waals surface area contributed by atoms with Crippen molar-refractivity contribution in [3.8, 4) is 0 Å². The summed E-state index contributed by atoms with van der Waals surface area (Å²) >= 11 is 0. The monoisotopic (exact) mass is 329 g/mol. The van der Waals surface area contributed by atoms with Crippen molar-refractivity contribution in [1.82, 2.24) is 5.32 Å². The summed E-state index contributed by atoms with van der Waals surface area (Å²) in [4.78, 5) is 24.1. The molecule has 0 aliphatic carbocycles. The van der Waals surface area contributed by atoms with E-state index in [1.165, 1.54) is 19.2 Å². The molecule has 0 aliphatic heterocycles. The Bertz CT molecular complexity index is 696. The maximum atomic E-state index is 12.9. The molecule has 0 bridgehead atoms. The van der Waals surface area contributed by atoms with Crippen LogP contribution in [0.5, 0.6) is 0 Å². The lowest BCUT2D eigenvalue weighted by Crippen LogP contribution is -2.43. The van der Waals surface area contributed by atoms with Gasteiger partial charge in [-0.05, 0) is 30.2 Å². The zero-order chi connectivity index (χ0) is 17.5. The van der Waals surface area contributed by atoms with E-state index in [2.05, 4.69) is 5.32 Å². The second-order valence-corrected chi connectivity index (χ2v) is 5.64. The number of rotatable bonds is 6. The second-order valence-electron chi connectivity index (χ2n) is 5.64. The molecule has 2 rings (SSSR count). The van der Waals surface area contributed by atoms with E-state index >= 15 is 0 Å². The van der Waals surface area contributed by atoms with E-state index in [4.69, 9.17) is 4.74 Å². The molecule has 24 heavy (non-hydrogen) atoms. The third kappa shape index (κ3) is 5.19. The van der Waals surface area contributed by atoms with E-state index in [0.29, 0.717) is 12.0 Å². The van der Waals surface area contributed by atoms with Gasteiger partial charge in [-0.2, -0.15) is 0 Å². The summed E-state index contributed by atoms with van der Waals surface area (Å²) in [5.74, 6) is -1.17. The highest BCUT2D eigenvalue weighted by atomic mass is 19.1. The number of ether oxygens (including phenoxy) is 1. The van der Waals surface area contributed by atoms with Gasteiger partial charge < -0.3 is 10.1 Å². The van der Waals surface area contributed by atoms with Crippen molar-refractivity contribution in [3.63, 3.8) is 0 Å². The number of halogens is 1.